The minimum absolute atomic E-state index is 0.0114. The van der Waals surface area contributed by atoms with Crippen LogP contribution in [0, 0.1) is 10.1 Å². The summed E-state index contributed by atoms with van der Waals surface area (Å²) in [7, 11) is 0. The van der Waals surface area contributed by atoms with Crippen LogP contribution in [0.1, 0.15) is 12.8 Å². The van der Waals surface area contributed by atoms with E-state index < -0.39 is 22.3 Å². The zero-order valence-electron chi connectivity index (χ0n) is 11.0. The van der Waals surface area contributed by atoms with Gasteiger partial charge in [-0.1, -0.05) is 0 Å². The first-order chi connectivity index (χ1) is 9.93. The molecular formula is C11H14N4O6. The third kappa shape index (κ3) is 3.34. The van der Waals surface area contributed by atoms with Gasteiger partial charge in [-0.25, -0.2) is 4.79 Å². The maximum absolute atomic E-state index is 11.8. The largest absolute Gasteiger partial charge is 0.479 e. The minimum atomic E-state index is -1.38. The first-order valence-corrected chi connectivity index (χ1v) is 6.21. The average Bonchev–Trinajstić information content (AvgIpc) is 3.05. The number of hydrogen-bond acceptors (Lipinski definition) is 6. The second kappa shape index (κ2) is 5.87. The highest BCUT2D eigenvalue weighted by Crippen LogP contribution is 2.19. The van der Waals surface area contributed by atoms with Crippen LogP contribution in [0.25, 0.3) is 0 Å². The summed E-state index contributed by atoms with van der Waals surface area (Å²) in [4.78, 5) is 36.4. The predicted octanol–water partition coefficient (Wildman–Crippen LogP) is -0.459. The van der Waals surface area contributed by atoms with Crippen LogP contribution in [0.2, 0.25) is 0 Å². The van der Waals surface area contributed by atoms with Gasteiger partial charge in [0.15, 0.2) is 5.54 Å². The fourth-order valence-corrected chi connectivity index (χ4v) is 2.01. The highest BCUT2D eigenvalue weighted by molar-refractivity contribution is 5.87. The molecule has 2 rings (SSSR count). The van der Waals surface area contributed by atoms with Gasteiger partial charge in [-0.05, 0) is 9.91 Å². The van der Waals surface area contributed by atoms with Crippen molar-refractivity contribution in [3.63, 3.8) is 0 Å². The Morgan fingerprint density at radius 3 is 2.90 bits per heavy atom. The van der Waals surface area contributed by atoms with E-state index in [1.165, 1.54) is 17.1 Å². The Balaban J connectivity index is 1.89. The van der Waals surface area contributed by atoms with Gasteiger partial charge in [0.2, 0.25) is 12.2 Å². The van der Waals surface area contributed by atoms with Crippen LogP contribution < -0.4 is 5.32 Å². The van der Waals surface area contributed by atoms with Crippen LogP contribution in [-0.2, 0) is 20.9 Å². The number of hydrogen-bond donors (Lipinski definition) is 2. The van der Waals surface area contributed by atoms with Crippen LogP contribution in [0.15, 0.2) is 12.5 Å². The van der Waals surface area contributed by atoms with E-state index in [0.29, 0.717) is 0 Å². The summed E-state index contributed by atoms with van der Waals surface area (Å²) in [6.45, 7) is 0.383. The molecule has 1 amide bonds. The summed E-state index contributed by atoms with van der Waals surface area (Å²) < 4.78 is 6.43. The molecule has 1 unspecified atom stereocenters. The molecule has 21 heavy (non-hydrogen) atoms. The molecule has 1 aromatic heterocycles. The number of nitrogens with zero attached hydrogens (tertiary/aromatic N) is 3. The molecule has 10 heteroatoms. The summed E-state index contributed by atoms with van der Waals surface area (Å²) in [6.07, 6.45) is 2.66. The SMILES string of the molecule is O=C(CCn1cnc([N+](=O)[O-])c1)NC1(C(=O)O)CCOC1. The summed E-state index contributed by atoms with van der Waals surface area (Å²) >= 11 is 0. The molecule has 0 saturated carbocycles. The summed E-state index contributed by atoms with van der Waals surface area (Å²) in [5.74, 6) is -1.90. The number of carbonyl (C=O) groups is 2. The number of aromatic nitrogens is 2. The number of rotatable bonds is 6. The zero-order chi connectivity index (χ0) is 15.5. The van der Waals surface area contributed by atoms with E-state index in [9.17, 15) is 24.8 Å². The van der Waals surface area contributed by atoms with Crippen molar-refractivity contribution in [2.24, 2.45) is 0 Å². The molecule has 114 valence electrons. The second-order valence-electron chi connectivity index (χ2n) is 4.71. The van der Waals surface area contributed by atoms with Gasteiger partial charge in [0.25, 0.3) is 0 Å². The molecule has 0 bridgehead atoms. The standard InChI is InChI=1S/C11H14N4O6/c16-9(13-11(10(17)18)2-4-21-6-11)1-3-14-5-8(12-7-14)15(19)20/h5,7H,1-4,6H2,(H,13,16)(H,17,18). The van der Waals surface area contributed by atoms with Crippen molar-refractivity contribution in [2.45, 2.75) is 24.9 Å². The predicted molar refractivity (Wildman–Crippen MR) is 67.4 cm³/mol. The van der Waals surface area contributed by atoms with Crippen LogP contribution in [0.5, 0.6) is 0 Å². The maximum atomic E-state index is 11.8. The number of nitrogens with one attached hydrogen (secondary N) is 1. The number of ether oxygens (including phenoxy) is 1. The van der Waals surface area contributed by atoms with Gasteiger partial charge < -0.3 is 29.8 Å². The highest BCUT2D eigenvalue weighted by atomic mass is 16.6. The third-order valence-electron chi connectivity index (χ3n) is 3.21. The smallest absolute Gasteiger partial charge is 0.381 e. The molecule has 1 fully saturated rings. The molecule has 0 aliphatic carbocycles. The van der Waals surface area contributed by atoms with Crippen molar-refractivity contribution < 1.29 is 24.4 Å². The summed E-state index contributed by atoms with van der Waals surface area (Å²) in [5, 5.41) is 22.1. The van der Waals surface area contributed by atoms with Gasteiger partial charge >= 0.3 is 11.8 Å². The van der Waals surface area contributed by atoms with Crippen molar-refractivity contribution >= 4 is 17.7 Å². The van der Waals surface area contributed by atoms with E-state index >= 15 is 0 Å². The second-order valence-corrected chi connectivity index (χ2v) is 4.71. The molecule has 2 N–H and O–H groups in total. The Bertz CT molecular complexity index is 563. The topological polar surface area (TPSA) is 137 Å². The van der Waals surface area contributed by atoms with Crippen LogP contribution in [0.4, 0.5) is 5.82 Å². The lowest BCUT2D eigenvalue weighted by Gasteiger charge is -2.23. The average molecular weight is 298 g/mol. The molecule has 2 heterocycles. The number of carbonyl (C=O) groups excluding carboxylic acids is 1. The number of carboxylic acids is 1. The Hall–Kier alpha value is -2.49. The summed E-state index contributed by atoms with van der Waals surface area (Å²) in [5.41, 5.74) is -1.38. The summed E-state index contributed by atoms with van der Waals surface area (Å²) in [6, 6.07) is 0. The maximum Gasteiger partial charge on any atom is 0.381 e. The van der Waals surface area contributed by atoms with Gasteiger partial charge in [-0.2, -0.15) is 0 Å². The molecule has 0 spiro atoms. The molecule has 0 aromatic carbocycles. The molecule has 1 aliphatic rings. The van der Waals surface area contributed by atoms with Crippen LogP contribution in [0.3, 0.4) is 0 Å². The number of nitro groups is 1. The van der Waals surface area contributed by atoms with Crippen LogP contribution in [-0.4, -0.2) is 50.2 Å². The van der Waals surface area contributed by atoms with E-state index in [4.69, 9.17) is 4.74 Å². The molecular weight excluding hydrogens is 284 g/mol. The first-order valence-electron chi connectivity index (χ1n) is 6.21. The number of imidazole rings is 1. The van der Waals surface area contributed by atoms with Gasteiger partial charge in [0.05, 0.1) is 6.61 Å². The Labute approximate surface area is 118 Å². The van der Waals surface area contributed by atoms with E-state index in [2.05, 4.69) is 10.3 Å². The van der Waals surface area contributed by atoms with Gasteiger partial charge in [0, 0.05) is 26.0 Å². The fourth-order valence-electron chi connectivity index (χ4n) is 2.01. The van der Waals surface area contributed by atoms with Crippen molar-refractivity contribution in [1.82, 2.24) is 14.9 Å². The Morgan fingerprint density at radius 2 is 2.38 bits per heavy atom. The number of aryl methyl sites for hydroxylation is 1. The first kappa shape index (κ1) is 14.9. The number of carboxylic acid groups (broad SMARTS) is 1. The minimum Gasteiger partial charge on any atom is -0.479 e. The molecule has 1 aliphatic heterocycles. The van der Waals surface area contributed by atoms with Crippen molar-refractivity contribution in [1.29, 1.82) is 0 Å². The molecule has 1 saturated heterocycles. The quantitative estimate of drug-likeness (QED) is 0.535. The van der Waals surface area contributed by atoms with Crippen LogP contribution >= 0.6 is 0 Å². The lowest BCUT2D eigenvalue weighted by Crippen LogP contribution is -2.55. The van der Waals surface area contributed by atoms with E-state index in [1.807, 2.05) is 0 Å². The van der Waals surface area contributed by atoms with E-state index in [1.54, 1.807) is 0 Å². The number of aliphatic carboxylic acids is 1. The van der Waals surface area contributed by atoms with Gasteiger partial charge in [-0.3, -0.25) is 4.79 Å². The molecule has 10 nitrogen and oxygen atoms in total. The van der Waals surface area contributed by atoms with Crippen molar-refractivity contribution in [3.8, 4) is 0 Å². The number of amides is 1. The highest BCUT2D eigenvalue weighted by Gasteiger charge is 2.43. The van der Waals surface area contributed by atoms with Gasteiger partial charge in [0.1, 0.15) is 6.20 Å². The molecule has 1 aromatic rings. The van der Waals surface area contributed by atoms with Gasteiger partial charge in [-0.15, -0.1) is 0 Å². The van der Waals surface area contributed by atoms with E-state index in [-0.39, 0.29) is 38.4 Å². The molecule has 1 atom stereocenters. The van der Waals surface area contributed by atoms with E-state index in [0.717, 1.165) is 0 Å². The molecule has 0 radical (unpaired) electrons. The zero-order valence-corrected chi connectivity index (χ0v) is 11.0. The van der Waals surface area contributed by atoms with Crippen molar-refractivity contribution in [3.05, 3.63) is 22.6 Å². The monoisotopic (exact) mass is 298 g/mol. The lowest BCUT2D eigenvalue weighted by atomic mass is 9.99. The van der Waals surface area contributed by atoms with Crippen molar-refractivity contribution in [2.75, 3.05) is 13.2 Å². The normalized spacial score (nSPS) is 21.1. The third-order valence-corrected chi connectivity index (χ3v) is 3.21. The Kier molecular flexibility index (Phi) is 4.17. The Morgan fingerprint density at radius 1 is 1.62 bits per heavy atom. The fraction of sp³-hybridized carbons (Fsp3) is 0.545. The lowest BCUT2D eigenvalue weighted by molar-refractivity contribution is -0.389.